The summed E-state index contributed by atoms with van der Waals surface area (Å²) in [6.45, 7) is 4.12. The highest BCUT2D eigenvalue weighted by Gasteiger charge is 2.12. The summed E-state index contributed by atoms with van der Waals surface area (Å²) in [6.07, 6.45) is 0.806. The van der Waals surface area contributed by atoms with Gasteiger partial charge in [0.1, 0.15) is 12.0 Å². The van der Waals surface area contributed by atoms with Gasteiger partial charge in [-0.25, -0.2) is 0 Å². The summed E-state index contributed by atoms with van der Waals surface area (Å²) in [5.74, 6) is 0.918. The molecule has 0 unspecified atom stereocenters. The average Bonchev–Trinajstić information content (AvgIpc) is 2.35. The van der Waals surface area contributed by atoms with Crippen molar-refractivity contribution in [1.82, 2.24) is 0 Å². The second-order valence-electron chi connectivity index (χ2n) is 3.79. The monoisotopic (exact) mass is 256 g/mol. The molecular formula is C12H17O4P. The minimum Gasteiger partial charge on any atom is -0.427 e. The van der Waals surface area contributed by atoms with Crippen LogP contribution in [0.5, 0.6) is 5.75 Å². The highest BCUT2D eigenvalue weighted by molar-refractivity contribution is 7.42. The van der Waals surface area contributed by atoms with E-state index in [9.17, 15) is 4.79 Å². The van der Waals surface area contributed by atoms with E-state index in [0.717, 1.165) is 11.8 Å². The van der Waals surface area contributed by atoms with E-state index in [0.29, 0.717) is 17.2 Å². The van der Waals surface area contributed by atoms with Crippen LogP contribution < -0.4 is 4.52 Å². The van der Waals surface area contributed by atoms with E-state index in [1.165, 1.54) is 14.2 Å². The number of aldehydes is 1. The quantitative estimate of drug-likeness (QED) is 0.577. The maximum absolute atomic E-state index is 10.8. The van der Waals surface area contributed by atoms with Gasteiger partial charge in [-0.3, -0.25) is 4.79 Å². The lowest BCUT2D eigenvalue weighted by Gasteiger charge is -2.14. The second-order valence-corrected chi connectivity index (χ2v) is 5.15. The lowest BCUT2D eigenvalue weighted by Crippen LogP contribution is -1.96. The van der Waals surface area contributed by atoms with E-state index in [1.807, 2.05) is 12.1 Å². The average molecular weight is 256 g/mol. The normalized spacial score (nSPS) is 10.9. The van der Waals surface area contributed by atoms with E-state index in [2.05, 4.69) is 13.8 Å². The van der Waals surface area contributed by atoms with Gasteiger partial charge in [0, 0.05) is 19.8 Å². The summed E-state index contributed by atoms with van der Waals surface area (Å²) in [4.78, 5) is 10.8. The van der Waals surface area contributed by atoms with E-state index < -0.39 is 8.60 Å². The molecule has 0 radical (unpaired) electrons. The summed E-state index contributed by atoms with van der Waals surface area (Å²) < 4.78 is 15.5. The zero-order valence-corrected chi connectivity index (χ0v) is 11.4. The van der Waals surface area contributed by atoms with Crippen LogP contribution >= 0.6 is 8.60 Å². The van der Waals surface area contributed by atoms with Gasteiger partial charge in [-0.1, -0.05) is 13.8 Å². The molecule has 94 valence electrons. The molecule has 0 heterocycles. The Hall–Kier alpha value is -0.960. The minimum atomic E-state index is -1.40. The first-order chi connectivity index (χ1) is 8.10. The Morgan fingerprint density at radius 1 is 1.18 bits per heavy atom. The summed E-state index contributed by atoms with van der Waals surface area (Å²) in [7, 11) is 1.63. The first-order valence-corrected chi connectivity index (χ1v) is 6.36. The number of hydrogen-bond donors (Lipinski definition) is 0. The molecule has 0 saturated carbocycles. The van der Waals surface area contributed by atoms with E-state index in [-0.39, 0.29) is 0 Å². The molecule has 1 rings (SSSR count). The third-order valence-corrected chi connectivity index (χ3v) is 3.19. The van der Waals surface area contributed by atoms with Crippen LogP contribution in [0.15, 0.2) is 18.2 Å². The van der Waals surface area contributed by atoms with Gasteiger partial charge in [0.05, 0.1) is 0 Å². The smallest absolute Gasteiger partial charge is 0.396 e. The Kier molecular flexibility index (Phi) is 5.56. The SMILES string of the molecule is COP(OC)Oc1cc(C=O)cc(C(C)C)c1. The van der Waals surface area contributed by atoms with Crippen LogP contribution in [0, 0.1) is 0 Å². The van der Waals surface area contributed by atoms with Gasteiger partial charge in [-0.05, 0) is 29.7 Å². The number of benzene rings is 1. The Morgan fingerprint density at radius 3 is 2.29 bits per heavy atom. The summed E-state index contributed by atoms with van der Waals surface area (Å²) >= 11 is 0. The maximum atomic E-state index is 10.8. The van der Waals surface area contributed by atoms with Gasteiger partial charge in [0.2, 0.25) is 0 Å². The molecule has 5 heteroatoms. The number of rotatable bonds is 6. The molecule has 1 aromatic rings. The molecular weight excluding hydrogens is 239 g/mol. The van der Waals surface area contributed by atoms with E-state index in [4.69, 9.17) is 13.6 Å². The van der Waals surface area contributed by atoms with Gasteiger partial charge in [0.15, 0.2) is 0 Å². The van der Waals surface area contributed by atoms with Crippen LogP contribution in [0.1, 0.15) is 35.7 Å². The van der Waals surface area contributed by atoms with Crippen molar-refractivity contribution >= 4 is 14.9 Å². The first-order valence-electron chi connectivity index (χ1n) is 5.27. The Balaban J connectivity index is 2.98. The van der Waals surface area contributed by atoms with Gasteiger partial charge in [-0.15, -0.1) is 0 Å². The molecule has 0 aromatic heterocycles. The van der Waals surface area contributed by atoms with Gasteiger partial charge < -0.3 is 13.6 Å². The van der Waals surface area contributed by atoms with Crippen molar-refractivity contribution in [3.8, 4) is 5.75 Å². The number of hydrogen-bond acceptors (Lipinski definition) is 4. The zero-order chi connectivity index (χ0) is 12.8. The van der Waals surface area contributed by atoms with Crippen molar-refractivity contribution < 1.29 is 18.4 Å². The number of carbonyl (C=O) groups is 1. The van der Waals surface area contributed by atoms with Crippen LogP contribution in [-0.4, -0.2) is 20.5 Å². The van der Waals surface area contributed by atoms with Crippen molar-refractivity contribution in [2.45, 2.75) is 19.8 Å². The fourth-order valence-corrected chi connectivity index (χ4v) is 1.91. The van der Waals surface area contributed by atoms with Crippen LogP contribution in [0.3, 0.4) is 0 Å². The molecule has 1 aromatic carbocycles. The molecule has 0 N–H and O–H groups in total. The van der Waals surface area contributed by atoms with Crippen molar-refractivity contribution in [2.24, 2.45) is 0 Å². The molecule has 0 amide bonds. The van der Waals surface area contributed by atoms with Crippen LogP contribution in [0.4, 0.5) is 0 Å². The highest BCUT2D eigenvalue weighted by Crippen LogP contribution is 2.39. The molecule has 4 nitrogen and oxygen atoms in total. The number of carbonyl (C=O) groups excluding carboxylic acids is 1. The molecule has 0 fully saturated rings. The Bertz CT molecular complexity index is 375. The minimum absolute atomic E-state index is 0.327. The standard InChI is InChI=1S/C12H17O4P/c1-9(2)11-5-10(8-13)6-12(7-11)16-17(14-3)15-4/h5-9H,1-4H3. The molecule has 0 spiro atoms. The molecule has 0 atom stereocenters. The van der Waals surface area contributed by atoms with Crippen LogP contribution in [0.25, 0.3) is 0 Å². The summed E-state index contributed by atoms with van der Waals surface area (Å²) in [5, 5.41) is 0. The molecule has 0 aliphatic heterocycles. The van der Waals surface area contributed by atoms with E-state index >= 15 is 0 Å². The fourth-order valence-electron chi connectivity index (χ4n) is 1.34. The third kappa shape index (κ3) is 4.08. The molecule has 0 bridgehead atoms. The Labute approximate surface area is 103 Å². The lowest BCUT2D eigenvalue weighted by molar-refractivity contribution is 0.112. The summed E-state index contributed by atoms with van der Waals surface area (Å²) in [5.41, 5.74) is 1.64. The summed E-state index contributed by atoms with van der Waals surface area (Å²) in [6, 6.07) is 5.42. The topological polar surface area (TPSA) is 44.8 Å². The van der Waals surface area contributed by atoms with Crippen molar-refractivity contribution in [2.75, 3.05) is 14.2 Å². The van der Waals surface area contributed by atoms with Crippen molar-refractivity contribution in [1.29, 1.82) is 0 Å². The second kappa shape index (κ2) is 6.70. The van der Waals surface area contributed by atoms with Crippen LogP contribution in [0.2, 0.25) is 0 Å². The molecule has 0 saturated heterocycles. The van der Waals surface area contributed by atoms with Crippen molar-refractivity contribution in [3.63, 3.8) is 0 Å². The van der Waals surface area contributed by atoms with Gasteiger partial charge >= 0.3 is 8.60 Å². The van der Waals surface area contributed by atoms with Gasteiger partial charge in [0.25, 0.3) is 0 Å². The zero-order valence-electron chi connectivity index (χ0n) is 10.5. The van der Waals surface area contributed by atoms with Gasteiger partial charge in [-0.2, -0.15) is 0 Å². The first kappa shape index (κ1) is 14.1. The largest absolute Gasteiger partial charge is 0.427 e. The molecule has 17 heavy (non-hydrogen) atoms. The van der Waals surface area contributed by atoms with Crippen LogP contribution in [-0.2, 0) is 9.05 Å². The predicted octanol–water partition coefficient (Wildman–Crippen LogP) is 3.52. The lowest BCUT2D eigenvalue weighted by atomic mass is 10.0. The van der Waals surface area contributed by atoms with Crippen molar-refractivity contribution in [3.05, 3.63) is 29.3 Å². The van der Waals surface area contributed by atoms with E-state index in [1.54, 1.807) is 6.07 Å². The maximum Gasteiger partial charge on any atom is 0.396 e. The highest BCUT2D eigenvalue weighted by atomic mass is 31.2. The third-order valence-electron chi connectivity index (χ3n) is 2.23. The molecule has 0 aliphatic carbocycles. The fraction of sp³-hybridized carbons (Fsp3) is 0.417. The molecule has 0 aliphatic rings. The Morgan fingerprint density at radius 2 is 1.82 bits per heavy atom. The predicted molar refractivity (Wildman–Crippen MR) is 67.5 cm³/mol.